The van der Waals surface area contributed by atoms with Crippen LogP contribution in [0.15, 0.2) is 10.6 Å². The quantitative estimate of drug-likeness (QED) is 0.903. The molecule has 2 aromatic rings. The molecule has 1 aliphatic heterocycles. The third kappa shape index (κ3) is 2.89. The Hall–Kier alpha value is -2.15. The van der Waals surface area contributed by atoms with Crippen molar-refractivity contribution in [2.75, 3.05) is 18.4 Å². The van der Waals surface area contributed by atoms with Crippen LogP contribution in [0.1, 0.15) is 41.7 Å². The average molecular weight is 303 g/mol. The van der Waals surface area contributed by atoms with Crippen molar-refractivity contribution in [3.63, 3.8) is 0 Å². The van der Waals surface area contributed by atoms with Gasteiger partial charge in [-0.3, -0.25) is 14.8 Å². The first-order valence-corrected chi connectivity index (χ1v) is 7.53. The second-order valence-corrected chi connectivity index (χ2v) is 5.86. The highest BCUT2D eigenvalue weighted by atomic mass is 16.5. The Kier molecular flexibility index (Phi) is 3.98. The van der Waals surface area contributed by atoms with E-state index in [1.54, 1.807) is 0 Å². The highest BCUT2D eigenvalue weighted by Crippen LogP contribution is 2.32. The number of amides is 1. The van der Waals surface area contributed by atoms with Gasteiger partial charge < -0.3 is 9.84 Å². The third-order valence-corrected chi connectivity index (χ3v) is 4.08. The van der Waals surface area contributed by atoms with Crippen molar-refractivity contribution in [2.45, 2.75) is 39.7 Å². The lowest BCUT2D eigenvalue weighted by molar-refractivity contribution is -0.117. The molecule has 0 radical (unpaired) electrons. The van der Waals surface area contributed by atoms with E-state index >= 15 is 0 Å². The fourth-order valence-corrected chi connectivity index (χ4v) is 2.98. The van der Waals surface area contributed by atoms with Gasteiger partial charge in [-0.25, -0.2) is 0 Å². The van der Waals surface area contributed by atoms with Crippen molar-refractivity contribution in [3.05, 3.63) is 28.9 Å². The van der Waals surface area contributed by atoms with E-state index in [9.17, 15) is 4.79 Å². The molecule has 2 N–H and O–H groups in total. The van der Waals surface area contributed by atoms with Gasteiger partial charge in [0.25, 0.3) is 0 Å². The van der Waals surface area contributed by atoms with Crippen LogP contribution in [0.2, 0.25) is 0 Å². The summed E-state index contributed by atoms with van der Waals surface area (Å²) in [4.78, 5) is 14.5. The zero-order valence-electron chi connectivity index (χ0n) is 13.1. The number of nitrogens with zero attached hydrogens (tertiary/aromatic N) is 3. The summed E-state index contributed by atoms with van der Waals surface area (Å²) in [7, 11) is 0. The number of H-pyrrole nitrogens is 1. The van der Waals surface area contributed by atoms with E-state index in [1.165, 1.54) is 0 Å². The molecule has 1 fully saturated rings. The first-order valence-electron chi connectivity index (χ1n) is 7.53. The highest BCUT2D eigenvalue weighted by molar-refractivity contribution is 5.93. The molecule has 0 spiro atoms. The van der Waals surface area contributed by atoms with Crippen LogP contribution in [0.4, 0.5) is 5.69 Å². The fourth-order valence-electron chi connectivity index (χ4n) is 2.98. The Balaban J connectivity index is 1.65. The van der Waals surface area contributed by atoms with E-state index in [1.807, 2.05) is 26.8 Å². The molecule has 3 rings (SSSR count). The molecule has 1 atom stereocenters. The molecule has 7 nitrogen and oxygen atoms in total. The summed E-state index contributed by atoms with van der Waals surface area (Å²) in [5.41, 5.74) is 3.32. The van der Waals surface area contributed by atoms with Crippen LogP contribution >= 0.6 is 0 Å². The standard InChI is InChI=1S/C15H21N5O2/c1-9-7-13(22-19-9)12-5-4-6-20(12)8-14(21)16-15-10(2)17-18-11(15)3/h7,12H,4-6,8H2,1-3H3,(H,16,21)(H,17,18)/t12-/m1/s1. The minimum absolute atomic E-state index is 0.0317. The molecule has 3 heterocycles. The minimum Gasteiger partial charge on any atom is -0.359 e. The zero-order valence-corrected chi connectivity index (χ0v) is 13.1. The van der Waals surface area contributed by atoms with Gasteiger partial charge in [0.15, 0.2) is 5.76 Å². The van der Waals surface area contributed by atoms with Crippen molar-refractivity contribution in [1.29, 1.82) is 0 Å². The van der Waals surface area contributed by atoms with E-state index < -0.39 is 0 Å². The van der Waals surface area contributed by atoms with E-state index in [2.05, 4.69) is 25.6 Å². The van der Waals surface area contributed by atoms with E-state index in [-0.39, 0.29) is 11.9 Å². The number of carbonyl (C=O) groups is 1. The lowest BCUT2D eigenvalue weighted by atomic mass is 10.1. The number of aromatic nitrogens is 3. The van der Waals surface area contributed by atoms with Gasteiger partial charge in [-0.2, -0.15) is 5.10 Å². The summed E-state index contributed by atoms with van der Waals surface area (Å²) in [6.07, 6.45) is 2.05. The zero-order chi connectivity index (χ0) is 15.7. The van der Waals surface area contributed by atoms with E-state index in [4.69, 9.17) is 4.52 Å². The Morgan fingerprint density at radius 3 is 2.95 bits per heavy atom. The molecule has 0 aromatic carbocycles. The monoisotopic (exact) mass is 303 g/mol. The van der Waals surface area contributed by atoms with Crippen LogP contribution in [0.5, 0.6) is 0 Å². The fraction of sp³-hybridized carbons (Fsp3) is 0.533. The van der Waals surface area contributed by atoms with Gasteiger partial charge in [0.2, 0.25) is 5.91 Å². The van der Waals surface area contributed by atoms with Crippen molar-refractivity contribution in [3.8, 4) is 0 Å². The molecule has 1 saturated heterocycles. The predicted molar refractivity (Wildman–Crippen MR) is 81.5 cm³/mol. The number of likely N-dealkylation sites (tertiary alicyclic amines) is 1. The van der Waals surface area contributed by atoms with Gasteiger partial charge in [0.1, 0.15) is 0 Å². The van der Waals surface area contributed by atoms with Gasteiger partial charge in [-0.15, -0.1) is 0 Å². The number of rotatable bonds is 4. The van der Waals surface area contributed by atoms with Crippen molar-refractivity contribution in [2.24, 2.45) is 0 Å². The second kappa shape index (κ2) is 5.92. The molecule has 0 saturated carbocycles. The number of anilines is 1. The summed E-state index contributed by atoms with van der Waals surface area (Å²) in [6, 6.07) is 2.09. The van der Waals surface area contributed by atoms with E-state index in [0.717, 1.165) is 47.9 Å². The van der Waals surface area contributed by atoms with Crippen LogP contribution in [0.25, 0.3) is 0 Å². The molecule has 1 amide bonds. The lowest BCUT2D eigenvalue weighted by Gasteiger charge is -2.21. The molecule has 118 valence electrons. The molecule has 7 heteroatoms. The molecule has 0 unspecified atom stereocenters. The van der Waals surface area contributed by atoms with Crippen LogP contribution in [0, 0.1) is 20.8 Å². The van der Waals surface area contributed by atoms with Gasteiger partial charge in [0, 0.05) is 6.07 Å². The van der Waals surface area contributed by atoms with E-state index in [0.29, 0.717) is 6.54 Å². The summed E-state index contributed by atoms with van der Waals surface area (Å²) >= 11 is 0. The summed E-state index contributed by atoms with van der Waals surface area (Å²) < 4.78 is 5.37. The van der Waals surface area contributed by atoms with Gasteiger partial charge in [-0.05, 0) is 40.2 Å². The first-order chi connectivity index (χ1) is 10.5. The molecule has 0 bridgehead atoms. The summed E-state index contributed by atoms with van der Waals surface area (Å²) in [5, 5.41) is 13.8. The highest BCUT2D eigenvalue weighted by Gasteiger charge is 2.30. The maximum atomic E-state index is 12.3. The smallest absolute Gasteiger partial charge is 0.238 e. The van der Waals surface area contributed by atoms with Crippen LogP contribution in [-0.2, 0) is 4.79 Å². The van der Waals surface area contributed by atoms with Crippen LogP contribution < -0.4 is 5.32 Å². The molecule has 1 aliphatic rings. The number of aromatic amines is 1. The number of nitrogens with one attached hydrogen (secondary N) is 2. The van der Waals surface area contributed by atoms with Crippen LogP contribution in [0.3, 0.4) is 0 Å². The number of carbonyl (C=O) groups excluding carboxylic acids is 1. The van der Waals surface area contributed by atoms with Gasteiger partial charge >= 0.3 is 0 Å². The molecule has 2 aromatic heterocycles. The Morgan fingerprint density at radius 2 is 2.32 bits per heavy atom. The number of aryl methyl sites for hydroxylation is 3. The van der Waals surface area contributed by atoms with Crippen molar-refractivity contribution in [1.82, 2.24) is 20.3 Å². The maximum Gasteiger partial charge on any atom is 0.238 e. The topological polar surface area (TPSA) is 87.0 Å². The second-order valence-electron chi connectivity index (χ2n) is 5.86. The molecular weight excluding hydrogens is 282 g/mol. The average Bonchev–Trinajstić information content (AvgIpc) is 3.16. The largest absolute Gasteiger partial charge is 0.359 e. The van der Waals surface area contributed by atoms with Crippen LogP contribution in [-0.4, -0.2) is 39.3 Å². The Bertz CT molecular complexity index is 656. The normalized spacial score (nSPS) is 18.8. The summed E-state index contributed by atoms with van der Waals surface area (Å²) in [6.45, 7) is 6.90. The van der Waals surface area contributed by atoms with Gasteiger partial charge in [0.05, 0.1) is 35.4 Å². The molecule has 22 heavy (non-hydrogen) atoms. The first kappa shape index (κ1) is 14.8. The van der Waals surface area contributed by atoms with Gasteiger partial charge in [-0.1, -0.05) is 5.16 Å². The maximum absolute atomic E-state index is 12.3. The number of hydrogen-bond donors (Lipinski definition) is 2. The lowest BCUT2D eigenvalue weighted by Crippen LogP contribution is -2.33. The molecular formula is C15H21N5O2. The minimum atomic E-state index is -0.0317. The number of hydrogen-bond acceptors (Lipinski definition) is 5. The SMILES string of the molecule is Cc1cc([C@H]2CCCN2CC(=O)Nc2c(C)n[nH]c2C)on1. The Labute approximate surface area is 129 Å². The van der Waals surface area contributed by atoms with Crippen molar-refractivity contribution < 1.29 is 9.32 Å². The third-order valence-electron chi connectivity index (χ3n) is 4.08. The predicted octanol–water partition coefficient (Wildman–Crippen LogP) is 2.10. The van der Waals surface area contributed by atoms with Crippen molar-refractivity contribution >= 4 is 11.6 Å². The Morgan fingerprint density at radius 1 is 1.50 bits per heavy atom. The molecule has 0 aliphatic carbocycles. The summed E-state index contributed by atoms with van der Waals surface area (Å²) in [5.74, 6) is 0.814.